The van der Waals surface area contributed by atoms with Gasteiger partial charge in [0.05, 0.1) is 5.56 Å². The number of amides is 1. The number of hydrogen-bond acceptors (Lipinski definition) is 2. The third kappa shape index (κ3) is 3.91. The molecule has 1 aliphatic rings. The van der Waals surface area contributed by atoms with Crippen molar-refractivity contribution >= 4 is 23.2 Å². The molecule has 0 bridgehead atoms. The van der Waals surface area contributed by atoms with E-state index in [1.165, 1.54) is 12.8 Å². The standard InChI is InChI=1S/C17H25ClN2O/c1-11-5-6-12(2)15(9-11)19-16-10-13(18)7-8-14(16)17(21)20(3)4/h7-8,10-12,15,19H,5-6,9H2,1-4H3. The molecule has 0 aromatic heterocycles. The highest BCUT2D eigenvalue weighted by Gasteiger charge is 2.26. The highest BCUT2D eigenvalue weighted by atomic mass is 35.5. The van der Waals surface area contributed by atoms with E-state index in [0.717, 1.165) is 18.0 Å². The second-order valence-electron chi connectivity index (χ2n) is 6.54. The Bertz CT molecular complexity index is 516. The van der Waals surface area contributed by atoms with Crippen LogP contribution in [0.25, 0.3) is 0 Å². The van der Waals surface area contributed by atoms with Crippen molar-refractivity contribution in [3.05, 3.63) is 28.8 Å². The largest absolute Gasteiger partial charge is 0.381 e. The van der Waals surface area contributed by atoms with Gasteiger partial charge in [0.15, 0.2) is 0 Å². The fourth-order valence-electron chi connectivity index (χ4n) is 3.00. The summed E-state index contributed by atoms with van der Waals surface area (Å²) < 4.78 is 0. The van der Waals surface area contributed by atoms with Crippen LogP contribution >= 0.6 is 11.6 Å². The van der Waals surface area contributed by atoms with E-state index in [1.807, 2.05) is 12.1 Å². The molecule has 1 amide bonds. The van der Waals surface area contributed by atoms with Crippen LogP contribution in [0.1, 0.15) is 43.5 Å². The van der Waals surface area contributed by atoms with Gasteiger partial charge in [0.1, 0.15) is 0 Å². The first-order chi connectivity index (χ1) is 9.88. The summed E-state index contributed by atoms with van der Waals surface area (Å²) in [6, 6.07) is 5.85. The molecule has 3 atom stereocenters. The Hall–Kier alpha value is -1.22. The topological polar surface area (TPSA) is 32.3 Å². The zero-order valence-electron chi connectivity index (χ0n) is 13.3. The van der Waals surface area contributed by atoms with Crippen LogP contribution in [-0.2, 0) is 0 Å². The van der Waals surface area contributed by atoms with Gasteiger partial charge in [0, 0.05) is 30.8 Å². The van der Waals surface area contributed by atoms with Crippen LogP contribution in [0.3, 0.4) is 0 Å². The number of carbonyl (C=O) groups excluding carboxylic acids is 1. The predicted octanol–water partition coefficient (Wildman–Crippen LogP) is 4.28. The van der Waals surface area contributed by atoms with Crippen molar-refractivity contribution in [2.24, 2.45) is 11.8 Å². The van der Waals surface area contributed by atoms with E-state index in [2.05, 4.69) is 19.2 Å². The fraction of sp³-hybridized carbons (Fsp3) is 0.588. The van der Waals surface area contributed by atoms with Gasteiger partial charge >= 0.3 is 0 Å². The predicted molar refractivity (Wildman–Crippen MR) is 89.1 cm³/mol. The summed E-state index contributed by atoms with van der Waals surface area (Å²) in [5, 5.41) is 4.23. The van der Waals surface area contributed by atoms with E-state index in [1.54, 1.807) is 25.1 Å². The molecule has 116 valence electrons. The van der Waals surface area contributed by atoms with Gasteiger partial charge in [0.25, 0.3) is 5.91 Å². The van der Waals surface area contributed by atoms with Crippen molar-refractivity contribution in [2.75, 3.05) is 19.4 Å². The molecule has 1 aromatic rings. The second kappa shape index (κ2) is 6.69. The Morgan fingerprint density at radius 2 is 2.00 bits per heavy atom. The summed E-state index contributed by atoms with van der Waals surface area (Å²) in [5.41, 5.74) is 1.54. The van der Waals surface area contributed by atoms with Gasteiger partial charge in [0.2, 0.25) is 0 Å². The zero-order chi connectivity index (χ0) is 15.6. The highest BCUT2D eigenvalue weighted by molar-refractivity contribution is 6.31. The SMILES string of the molecule is CC1CCC(C)C(Nc2cc(Cl)ccc2C(=O)N(C)C)C1. The summed E-state index contributed by atoms with van der Waals surface area (Å²) in [4.78, 5) is 13.9. The molecule has 3 unspecified atom stereocenters. The Labute approximate surface area is 132 Å². The van der Waals surface area contributed by atoms with Gasteiger partial charge < -0.3 is 10.2 Å². The van der Waals surface area contributed by atoms with Crippen molar-refractivity contribution in [3.8, 4) is 0 Å². The normalized spacial score (nSPS) is 25.5. The van der Waals surface area contributed by atoms with E-state index < -0.39 is 0 Å². The molecule has 1 aliphatic carbocycles. The van der Waals surface area contributed by atoms with Crippen LogP contribution in [0.5, 0.6) is 0 Å². The van der Waals surface area contributed by atoms with Gasteiger partial charge in [-0.2, -0.15) is 0 Å². The number of halogens is 1. The highest BCUT2D eigenvalue weighted by Crippen LogP contribution is 2.32. The lowest BCUT2D eigenvalue weighted by Gasteiger charge is -2.34. The van der Waals surface area contributed by atoms with Crippen LogP contribution in [0.2, 0.25) is 5.02 Å². The van der Waals surface area contributed by atoms with Gasteiger partial charge in [-0.1, -0.05) is 31.9 Å². The average molecular weight is 309 g/mol. The summed E-state index contributed by atoms with van der Waals surface area (Å²) in [5.74, 6) is 1.35. The molecular formula is C17H25ClN2O. The molecule has 0 radical (unpaired) electrons. The van der Waals surface area contributed by atoms with Crippen molar-refractivity contribution in [1.82, 2.24) is 4.90 Å². The lowest BCUT2D eigenvalue weighted by molar-refractivity contribution is 0.0828. The molecule has 0 aliphatic heterocycles. The molecule has 0 saturated heterocycles. The maximum Gasteiger partial charge on any atom is 0.255 e. The molecule has 4 heteroatoms. The van der Waals surface area contributed by atoms with Crippen molar-refractivity contribution in [1.29, 1.82) is 0 Å². The summed E-state index contributed by atoms with van der Waals surface area (Å²) in [6.45, 7) is 4.58. The minimum atomic E-state index is 0.00526. The Kier molecular flexibility index (Phi) is 5.15. The van der Waals surface area contributed by atoms with Crippen molar-refractivity contribution < 1.29 is 4.79 Å². The van der Waals surface area contributed by atoms with E-state index in [9.17, 15) is 4.79 Å². The Balaban J connectivity index is 2.25. The van der Waals surface area contributed by atoms with Crippen molar-refractivity contribution in [3.63, 3.8) is 0 Å². The maximum atomic E-state index is 12.3. The number of nitrogens with zero attached hydrogens (tertiary/aromatic N) is 1. The molecule has 3 nitrogen and oxygen atoms in total. The number of nitrogens with one attached hydrogen (secondary N) is 1. The summed E-state index contributed by atoms with van der Waals surface area (Å²) >= 11 is 6.12. The van der Waals surface area contributed by atoms with E-state index in [4.69, 9.17) is 11.6 Å². The third-order valence-electron chi connectivity index (χ3n) is 4.42. The van der Waals surface area contributed by atoms with Crippen LogP contribution < -0.4 is 5.32 Å². The second-order valence-corrected chi connectivity index (χ2v) is 6.97. The molecule has 1 N–H and O–H groups in total. The van der Waals surface area contributed by atoms with E-state index >= 15 is 0 Å². The maximum absolute atomic E-state index is 12.3. The molecule has 1 saturated carbocycles. The molecule has 1 fully saturated rings. The number of benzene rings is 1. The Morgan fingerprint density at radius 1 is 1.29 bits per heavy atom. The smallest absolute Gasteiger partial charge is 0.255 e. The number of rotatable bonds is 3. The van der Waals surface area contributed by atoms with Gasteiger partial charge in [-0.25, -0.2) is 0 Å². The zero-order valence-corrected chi connectivity index (χ0v) is 14.1. The van der Waals surface area contributed by atoms with Gasteiger partial charge in [-0.15, -0.1) is 0 Å². The first-order valence-electron chi connectivity index (χ1n) is 7.66. The lowest BCUT2D eigenvalue weighted by atomic mass is 9.80. The molecule has 1 aromatic carbocycles. The summed E-state index contributed by atoms with van der Waals surface area (Å²) in [6.07, 6.45) is 3.66. The fourth-order valence-corrected chi connectivity index (χ4v) is 3.17. The molecule has 0 spiro atoms. The van der Waals surface area contributed by atoms with Gasteiger partial charge in [-0.3, -0.25) is 4.79 Å². The number of carbonyl (C=O) groups is 1. The average Bonchev–Trinajstić information content (AvgIpc) is 2.42. The van der Waals surface area contributed by atoms with Crippen LogP contribution in [0.4, 0.5) is 5.69 Å². The first-order valence-corrected chi connectivity index (χ1v) is 8.04. The van der Waals surface area contributed by atoms with Crippen LogP contribution in [0, 0.1) is 11.8 Å². The van der Waals surface area contributed by atoms with Crippen LogP contribution in [0.15, 0.2) is 18.2 Å². The third-order valence-corrected chi connectivity index (χ3v) is 4.65. The van der Waals surface area contributed by atoms with E-state index in [-0.39, 0.29) is 5.91 Å². The van der Waals surface area contributed by atoms with Gasteiger partial charge in [-0.05, 0) is 42.9 Å². The summed E-state index contributed by atoms with van der Waals surface area (Å²) in [7, 11) is 3.54. The van der Waals surface area contributed by atoms with Crippen LogP contribution in [-0.4, -0.2) is 30.9 Å². The first kappa shape index (κ1) is 16.2. The van der Waals surface area contributed by atoms with Crippen molar-refractivity contribution in [2.45, 2.75) is 39.2 Å². The molecule has 2 rings (SSSR count). The quantitative estimate of drug-likeness (QED) is 0.904. The Morgan fingerprint density at radius 3 is 2.67 bits per heavy atom. The molecule has 21 heavy (non-hydrogen) atoms. The molecule has 0 heterocycles. The van der Waals surface area contributed by atoms with E-state index in [0.29, 0.717) is 22.5 Å². The lowest BCUT2D eigenvalue weighted by Crippen LogP contribution is -2.34. The minimum absolute atomic E-state index is 0.00526. The number of anilines is 1. The monoisotopic (exact) mass is 308 g/mol. The minimum Gasteiger partial charge on any atom is -0.381 e. The molecular weight excluding hydrogens is 284 g/mol. The number of hydrogen-bond donors (Lipinski definition) is 1.